The number of benzene rings is 2. The lowest BCUT2D eigenvalue weighted by Crippen LogP contribution is -2.36. The van der Waals surface area contributed by atoms with Gasteiger partial charge >= 0.3 is 22.9 Å². The van der Waals surface area contributed by atoms with Gasteiger partial charge in [-0.3, -0.25) is 0 Å². The molecule has 0 spiro atoms. The molecule has 126 valence electrons. The van der Waals surface area contributed by atoms with Crippen LogP contribution in [0.4, 0.5) is 0 Å². The van der Waals surface area contributed by atoms with Crippen molar-refractivity contribution in [3.8, 4) is 0 Å². The maximum absolute atomic E-state index is 11.0. The highest BCUT2D eigenvalue weighted by atomic mass is 31.1. The summed E-state index contributed by atoms with van der Waals surface area (Å²) in [6, 6.07) is 18.6. The molecule has 2 atom stereocenters. The summed E-state index contributed by atoms with van der Waals surface area (Å²) >= 11 is 0. The fourth-order valence-corrected chi connectivity index (χ4v) is 2.88. The van der Waals surface area contributed by atoms with Gasteiger partial charge in [0.1, 0.15) is 0 Å². The third-order valence-electron chi connectivity index (χ3n) is 3.12. The third-order valence-corrected chi connectivity index (χ3v) is 3.84. The Morgan fingerprint density at radius 1 is 0.792 bits per heavy atom. The molecule has 2 N–H and O–H groups in total. The Balaban J connectivity index is 2.24. The molecule has 9 heteroatoms. The Labute approximate surface area is 141 Å². The molecule has 0 heterocycles. The van der Waals surface area contributed by atoms with Gasteiger partial charge < -0.3 is 0 Å². The molecule has 24 heavy (non-hydrogen) atoms. The lowest BCUT2D eigenvalue weighted by molar-refractivity contribution is -0.126. The van der Waals surface area contributed by atoms with Crippen molar-refractivity contribution in [2.45, 2.75) is 19.5 Å². The molecular weight excluding hydrogens is 352 g/mol. The lowest BCUT2D eigenvalue weighted by Gasteiger charge is -2.23. The summed E-state index contributed by atoms with van der Waals surface area (Å²) < 4.78 is 31.7. The molecule has 0 saturated heterocycles. The molecule has 2 rings (SSSR count). The summed E-state index contributed by atoms with van der Waals surface area (Å²) in [4.78, 5) is 19.6. The molecule has 0 bridgehead atoms. The number of rotatable bonds is 9. The molecular formula is C15H17NO6P2+2. The standard InChI is InChI=1S/C15H15NO6P2/c17-23(18)21-15(22-24(19)20)16(11-13-7-3-1-4-8-13)12-14-9-5-2-6-10-14/h1-10,15H,11-12H2/p+2. The maximum Gasteiger partial charge on any atom is 0.699 e. The molecule has 0 aliphatic carbocycles. The molecule has 2 aromatic carbocycles. The first-order valence-electron chi connectivity index (χ1n) is 7.02. The summed E-state index contributed by atoms with van der Waals surface area (Å²) in [6.45, 7) is 0.597. The molecule has 2 aromatic rings. The lowest BCUT2D eigenvalue weighted by atomic mass is 10.2. The monoisotopic (exact) mass is 369 g/mol. The second kappa shape index (κ2) is 9.67. The smallest absolute Gasteiger partial charge is 0.239 e. The van der Waals surface area contributed by atoms with Crippen LogP contribution in [0.5, 0.6) is 0 Å². The molecule has 0 aromatic heterocycles. The first-order valence-corrected chi connectivity index (χ1v) is 9.28. The molecule has 0 aliphatic heterocycles. The quantitative estimate of drug-likeness (QED) is 0.517. The van der Waals surface area contributed by atoms with Crippen LogP contribution in [0.2, 0.25) is 0 Å². The van der Waals surface area contributed by atoms with Crippen molar-refractivity contribution in [1.82, 2.24) is 4.90 Å². The fourth-order valence-electron chi connectivity index (χ4n) is 2.15. The third kappa shape index (κ3) is 6.51. The average molecular weight is 369 g/mol. The largest absolute Gasteiger partial charge is 0.699 e. The van der Waals surface area contributed by atoms with Crippen molar-refractivity contribution in [3.63, 3.8) is 0 Å². The highest BCUT2D eigenvalue weighted by Crippen LogP contribution is 2.30. The molecule has 0 radical (unpaired) electrons. The summed E-state index contributed by atoms with van der Waals surface area (Å²) in [5.41, 5.74) is 1.79. The van der Waals surface area contributed by atoms with Gasteiger partial charge in [-0.25, -0.2) is 4.90 Å². The van der Waals surface area contributed by atoms with E-state index in [1.165, 1.54) is 0 Å². The number of hydrogen-bond donors (Lipinski definition) is 2. The van der Waals surface area contributed by atoms with Crippen LogP contribution in [0.3, 0.4) is 0 Å². The number of hydrogen-bond acceptors (Lipinski definition) is 5. The Hall–Kier alpha value is -1.56. The van der Waals surface area contributed by atoms with E-state index < -0.39 is 22.9 Å². The van der Waals surface area contributed by atoms with Gasteiger partial charge in [-0.05, 0) is 11.1 Å². The minimum Gasteiger partial charge on any atom is -0.239 e. The van der Waals surface area contributed by atoms with Crippen molar-refractivity contribution >= 4 is 16.5 Å². The van der Waals surface area contributed by atoms with E-state index in [-0.39, 0.29) is 0 Å². The van der Waals surface area contributed by atoms with E-state index in [1.807, 2.05) is 60.7 Å². The van der Waals surface area contributed by atoms with E-state index in [0.717, 1.165) is 11.1 Å². The van der Waals surface area contributed by atoms with Crippen LogP contribution in [0, 0.1) is 0 Å². The predicted octanol–water partition coefficient (Wildman–Crippen LogP) is 3.31. The number of nitrogens with zero attached hydrogens (tertiary/aromatic N) is 1. The van der Waals surface area contributed by atoms with Crippen LogP contribution in [0.15, 0.2) is 60.7 Å². The second-order valence-electron chi connectivity index (χ2n) is 4.87. The maximum atomic E-state index is 11.0. The van der Waals surface area contributed by atoms with Gasteiger partial charge in [0.15, 0.2) is 0 Å². The van der Waals surface area contributed by atoms with Crippen LogP contribution in [0.1, 0.15) is 11.1 Å². The fraction of sp³-hybridized carbons (Fsp3) is 0.200. The second-order valence-corrected chi connectivity index (χ2v) is 6.24. The highest BCUT2D eigenvalue weighted by molar-refractivity contribution is 7.32. The van der Waals surface area contributed by atoms with Crippen LogP contribution >= 0.6 is 16.5 Å². The summed E-state index contributed by atoms with van der Waals surface area (Å²) in [6.07, 6.45) is -1.44. The Bertz CT molecular complexity index is 613. The van der Waals surface area contributed by atoms with Crippen LogP contribution in [-0.2, 0) is 31.3 Å². The summed E-state index contributed by atoms with van der Waals surface area (Å²) in [5.74, 6) is 0. The summed E-state index contributed by atoms with van der Waals surface area (Å²) in [5, 5.41) is 0. The van der Waals surface area contributed by atoms with Gasteiger partial charge in [0, 0.05) is 22.2 Å². The van der Waals surface area contributed by atoms with Crippen molar-refractivity contribution < 1.29 is 28.0 Å². The molecule has 0 fully saturated rings. The van der Waals surface area contributed by atoms with Crippen LogP contribution < -0.4 is 0 Å². The topological polar surface area (TPSA) is 96.3 Å². The molecule has 2 unspecified atom stereocenters. The molecule has 0 aliphatic rings. The van der Waals surface area contributed by atoms with E-state index in [2.05, 4.69) is 0 Å². The van der Waals surface area contributed by atoms with Crippen molar-refractivity contribution in [3.05, 3.63) is 71.8 Å². The minimum absolute atomic E-state index is 0.298. The van der Waals surface area contributed by atoms with E-state index in [4.69, 9.17) is 18.8 Å². The zero-order valence-electron chi connectivity index (χ0n) is 12.6. The molecule has 0 amide bonds. The van der Waals surface area contributed by atoms with Crippen LogP contribution in [0.25, 0.3) is 0 Å². The van der Waals surface area contributed by atoms with Gasteiger partial charge in [0.25, 0.3) is 0 Å². The van der Waals surface area contributed by atoms with Gasteiger partial charge in [-0.15, -0.1) is 9.79 Å². The van der Waals surface area contributed by atoms with Crippen molar-refractivity contribution in [2.75, 3.05) is 0 Å². The van der Waals surface area contributed by atoms with E-state index in [9.17, 15) is 9.13 Å². The zero-order valence-corrected chi connectivity index (χ0v) is 14.4. The van der Waals surface area contributed by atoms with Gasteiger partial charge in [0.05, 0.1) is 0 Å². The zero-order chi connectivity index (χ0) is 17.4. The average Bonchev–Trinajstić information content (AvgIpc) is 2.55. The SMILES string of the molecule is O=[P+](O)OC(O[P+](=O)O)N(Cc1ccccc1)Cc1ccccc1. The van der Waals surface area contributed by atoms with Crippen molar-refractivity contribution in [2.24, 2.45) is 0 Å². The highest BCUT2D eigenvalue weighted by Gasteiger charge is 2.37. The van der Waals surface area contributed by atoms with Gasteiger partial charge in [-0.1, -0.05) is 69.7 Å². The van der Waals surface area contributed by atoms with Crippen LogP contribution in [-0.4, -0.2) is 21.1 Å². The molecule has 7 nitrogen and oxygen atoms in total. The Kier molecular flexibility index (Phi) is 7.56. The first kappa shape index (κ1) is 18.8. The summed E-state index contributed by atoms with van der Waals surface area (Å²) in [7, 11) is -6.02. The van der Waals surface area contributed by atoms with E-state index in [1.54, 1.807) is 4.90 Å². The molecule has 0 saturated carbocycles. The van der Waals surface area contributed by atoms with E-state index >= 15 is 0 Å². The Morgan fingerprint density at radius 3 is 1.50 bits per heavy atom. The normalized spacial score (nSPS) is 13.6. The van der Waals surface area contributed by atoms with E-state index in [0.29, 0.717) is 13.1 Å². The minimum atomic E-state index is -3.01. The first-order chi connectivity index (χ1) is 11.5. The van der Waals surface area contributed by atoms with Gasteiger partial charge in [-0.2, -0.15) is 0 Å². The van der Waals surface area contributed by atoms with Gasteiger partial charge in [0.2, 0.25) is 0 Å². The van der Waals surface area contributed by atoms with Crippen molar-refractivity contribution in [1.29, 1.82) is 0 Å². The predicted molar refractivity (Wildman–Crippen MR) is 87.7 cm³/mol. The Morgan fingerprint density at radius 2 is 1.17 bits per heavy atom.